The molecule has 48 heavy (non-hydrogen) atoms. The Morgan fingerprint density at radius 1 is 0.521 bits per heavy atom. The number of phosphoric acid groups is 1. The molecule has 9 heteroatoms. The van der Waals surface area contributed by atoms with Crippen LogP contribution in [0.3, 0.4) is 0 Å². The van der Waals surface area contributed by atoms with Crippen LogP contribution in [0.2, 0.25) is 0 Å². The van der Waals surface area contributed by atoms with Gasteiger partial charge < -0.3 is 19.3 Å². The zero-order chi connectivity index (χ0) is 35.4. The van der Waals surface area contributed by atoms with Gasteiger partial charge in [-0.05, 0) is 25.7 Å². The molecule has 0 radical (unpaired) electrons. The lowest BCUT2D eigenvalue weighted by Gasteiger charge is -2.17. The van der Waals surface area contributed by atoms with Gasteiger partial charge in [0.2, 0.25) is 0 Å². The van der Waals surface area contributed by atoms with Crippen LogP contribution in [0, 0.1) is 0 Å². The second-order valence-electron chi connectivity index (χ2n) is 13.3. The minimum atomic E-state index is -4.77. The molecule has 0 heterocycles. The number of allylic oxidation sites excluding steroid dienone is 2. The molecule has 2 N–H and O–H groups in total. The van der Waals surface area contributed by atoms with Crippen molar-refractivity contribution in [3.63, 3.8) is 0 Å². The van der Waals surface area contributed by atoms with E-state index in [0.29, 0.717) is 0 Å². The van der Waals surface area contributed by atoms with Crippen molar-refractivity contribution < 1.29 is 37.9 Å². The predicted octanol–water partition coefficient (Wildman–Crippen LogP) is 11.6. The van der Waals surface area contributed by atoms with Crippen molar-refractivity contribution in [2.75, 3.05) is 13.2 Å². The van der Waals surface area contributed by atoms with Crippen LogP contribution in [0.4, 0.5) is 0 Å². The van der Waals surface area contributed by atoms with Gasteiger partial charge >= 0.3 is 19.8 Å². The van der Waals surface area contributed by atoms with E-state index in [2.05, 4.69) is 18.4 Å². The molecule has 0 bridgehead atoms. The predicted molar refractivity (Wildman–Crippen MR) is 198 cm³/mol. The maximum absolute atomic E-state index is 12.3. The highest BCUT2D eigenvalue weighted by atomic mass is 31.2. The Bertz CT molecular complexity index is 838. The number of esters is 2. The fraction of sp³-hybridized carbons (Fsp3) is 0.846. The summed E-state index contributed by atoms with van der Waals surface area (Å²) < 4.78 is 26.1. The Labute approximate surface area is 294 Å². The molecule has 0 amide bonds. The summed E-state index contributed by atoms with van der Waals surface area (Å²) in [7, 11) is -4.77. The summed E-state index contributed by atoms with van der Waals surface area (Å²) in [6, 6.07) is 0. The fourth-order valence-electron chi connectivity index (χ4n) is 5.64. The Balaban J connectivity index is 4.03. The first-order valence-corrected chi connectivity index (χ1v) is 21.2. The Kier molecular flexibility index (Phi) is 34.3. The average Bonchev–Trinajstić information content (AvgIpc) is 3.05. The topological polar surface area (TPSA) is 119 Å². The summed E-state index contributed by atoms with van der Waals surface area (Å²) in [5.74, 6) is -1.27. The van der Waals surface area contributed by atoms with Crippen molar-refractivity contribution in [1.82, 2.24) is 0 Å². The summed E-state index contributed by atoms with van der Waals surface area (Å²) in [4.78, 5) is 42.5. The van der Waals surface area contributed by atoms with Gasteiger partial charge in [0.05, 0.1) is 6.61 Å². The lowest BCUT2D eigenvalue weighted by molar-refractivity contribution is -0.154. The van der Waals surface area contributed by atoms with Crippen LogP contribution in [-0.4, -0.2) is 41.0 Å². The summed E-state index contributed by atoms with van der Waals surface area (Å²) in [5, 5.41) is 0. The van der Waals surface area contributed by atoms with Crippen LogP contribution >= 0.6 is 7.82 Å². The number of hydrogen-bond donors (Lipinski definition) is 2. The van der Waals surface area contributed by atoms with Crippen LogP contribution in [0.25, 0.3) is 0 Å². The second kappa shape index (κ2) is 35.4. The van der Waals surface area contributed by atoms with E-state index in [9.17, 15) is 14.2 Å². The third-order valence-corrected chi connectivity index (χ3v) is 9.06. The van der Waals surface area contributed by atoms with Crippen molar-refractivity contribution >= 4 is 19.8 Å². The van der Waals surface area contributed by atoms with Gasteiger partial charge in [-0.15, -0.1) is 0 Å². The quantitative estimate of drug-likeness (QED) is 0.0287. The molecule has 0 saturated carbocycles. The zero-order valence-corrected chi connectivity index (χ0v) is 31.8. The molecular weight excluding hydrogens is 627 g/mol. The summed E-state index contributed by atoms with van der Waals surface area (Å²) in [5.41, 5.74) is 0. The first-order chi connectivity index (χ1) is 23.3. The number of phosphoric ester groups is 1. The summed E-state index contributed by atoms with van der Waals surface area (Å²) in [6.07, 6.45) is 39.9. The van der Waals surface area contributed by atoms with E-state index in [4.69, 9.17) is 19.3 Å². The smallest absolute Gasteiger partial charge is 0.458 e. The Morgan fingerprint density at radius 2 is 0.854 bits per heavy atom. The lowest BCUT2D eigenvalue weighted by Crippen LogP contribution is -2.28. The monoisotopic (exact) mass is 701 g/mol. The first-order valence-electron chi connectivity index (χ1n) is 19.7. The van der Waals surface area contributed by atoms with E-state index < -0.39 is 32.5 Å². The van der Waals surface area contributed by atoms with Crippen LogP contribution in [-0.2, 0) is 28.2 Å². The van der Waals surface area contributed by atoms with E-state index in [1.807, 2.05) is 0 Å². The largest absolute Gasteiger partial charge is 0.469 e. The molecule has 0 rings (SSSR count). The SMILES string of the molecule is CCCCCCCCCCCCCCCC=CC(=O)OC[C@H](COP(=O)(O)O)OC(=O)C=CCCCCCCCCCCCCCCC. The van der Waals surface area contributed by atoms with Crippen LogP contribution in [0.5, 0.6) is 0 Å². The molecule has 282 valence electrons. The third-order valence-electron chi connectivity index (χ3n) is 8.58. The van der Waals surface area contributed by atoms with Gasteiger partial charge in [0.1, 0.15) is 6.61 Å². The maximum atomic E-state index is 12.3. The number of rotatable bonds is 36. The second-order valence-corrected chi connectivity index (χ2v) is 14.6. The van der Waals surface area contributed by atoms with E-state index in [1.54, 1.807) is 12.2 Å². The number of hydrogen-bond acceptors (Lipinski definition) is 6. The molecule has 0 aromatic rings. The molecule has 1 atom stereocenters. The first kappa shape index (κ1) is 46.5. The van der Waals surface area contributed by atoms with Gasteiger partial charge in [-0.3, -0.25) is 4.52 Å². The summed E-state index contributed by atoms with van der Waals surface area (Å²) >= 11 is 0. The van der Waals surface area contributed by atoms with E-state index in [-0.39, 0.29) is 6.61 Å². The molecular formula is C39H73O8P. The molecule has 0 aliphatic rings. The van der Waals surface area contributed by atoms with Crippen LogP contribution in [0.1, 0.15) is 194 Å². The average molecular weight is 701 g/mol. The standard InChI is InChI=1S/C39H73O8P/c1-3-5-7-9-11-13-15-17-19-21-23-25-27-29-31-33-38(40)45-35-37(36-46-48(42,43)44)47-39(41)34-32-30-28-26-24-22-20-18-16-14-12-10-8-6-4-2/h31-34,37H,3-30,35-36H2,1-2H3,(H2,42,43,44)/t37-/m1/s1. The Morgan fingerprint density at radius 3 is 1.21 bits per heavy atom. The van der Waals surface area contributed by atoms with Gasteiger partial charge in [-0.25, -0.2) is 14.2 Å². The van der Waals surface area contributed by atoms with E-state index in [1.165, 1.54) is 153 Å². The van der Waals surface area contributed by atoms with Crippen molar-refractivity contribution in [3.05, 3.63) is 24.3 Å². The van der Waals surface area contributed by atoms with Crippen molar-refractivity contribution in [1.29, 1.82) is 0 Å². The van der Waals surface area contributed by atoms with Crippen molar-refractivity contribution in [2.45, 2.75) is 200 Å². The maximum Gasteiger partial charge on any atom is 0.469 e. The molecule has 8 nitrogen and oxygen atoms in total. The van der Waals surface area contributed by atoms with Gasteiger partial charge in [-0.1, -0.05) is 180 Å². The van der Waals surface area contributed by atoms with Gasteiger partial charge in [0.15, 0.2) is 6.10 Å². The van der Waals surface area contributed by atoms with Gasteiger partial charge in [0.25, 0.3) is 0 Å². The molecule has 0 aromatic carbocycles. The highest BCUT2D eigenvalue weighted by Gasteiger charge is 2.22. The minimum absolute atomic E-state index is 0.361. The van der Waals surface area contributed by atoms with Crippen molar-refractivity contribution in [3.8, 4) is 0 Å². The number of carbonyl (C=O) groups is 2. The zero-order valence-electron chi connectivity index (χ0n) is 30.9. The normalized spacial score (nSPS) is 12.7. The number of unbranched alkanes of at least 4 members (excludes halogenated alkanes) is 26. The molecule has 0 unspecified atom stereocenters. The third kappa shape index (κ3) is 37.4. The molecule has 0 aliphatic carbocycles. The molecule has 0 fully saturated rings. The lowest BCUT2D eigenvalue weighted by atomic mass is 10.0. The fourth-order valence-corrected chi connectivity index (χ4v) is 6.00. The van der Waals surface area contributed by atoms with E-state index in [0.717, 1.165) is 38.5 Å². The molecule has 0 aliphatic heterocycles. The van der Waals surface area contributed by atoms with E-state index >= 15 is 0 Å². The van der Waals surface area contributed by atoms with Gasteiger partial charge in [-0.2, -0.15) is 0 Å². The van der Waals surface area contributed by atoms with Gasteiger partial charge in [0, 0.05) is 12.2 Å². The number of ether oxygens (including phenoxy) is 2. The Hall–Kier alpha value is -1.47. The molecule has 0 saturated heterocycles. The minimum Gasteiger partial charge on any atom is -0.458 e. The number of carbonyl (C=O) groups excluding carboxylic acids is 2. The van der Waals surface area contributed by atoms with Crippen molar-refractivity contribution in [2.24, 2.45) is 0 Å². The molecule has 0 spiro atoms. The molecule has 0 aromatic heterocycles. The highest BCUT2D eigenvalue weighted by molar-refractivity contribution is 7.46. The highest BCUT2D eigenvalue weighted by Crippen LogP contribution is 2.35. The summed E-state index contributed by atoms with van der Waals surface area (Å²) in [6.45, 7) is 3.56. The van der Waals surface area contributed by atoms with Crippen LogP contribution in [0.15, 0.2) is 24.3 Å². The van der Waals surface area contributed by atoms with Crippen LogP contribution < -0.4 is 0 Å².